The molecule has 0 N–H and O–H groups in total. The van der Waals surface area contributed by atoms with Crippen LogP contribution in [0.2, 0.25) is 0 Å². The minimum atomic E-state index is -0.476. The van der Waals surface area contributed by atoms with Crippen molar-refractivity contribution >= 4 is 23.7 Å². The summed E-state index contributed by atoms with van der Waals surface area (Å²) in [4.78, 5) is 25.3. The molecule has 2 aliphatic heterocycles. The van der Waals surface area contributed by atoms with Crippen LogP contribution in [0.3, 0.4) is 0 Å². The van der Waals surface area contributed by atoms with Crippen molar-refractivity contribution in [3.63, 3.8) is 0 Å². The highest BCUT2D eigenvalue weighted by Gasteiger charge is 2.29. The lowest BCUT2D eigenvalue weighted by atomic mass is 9.90. The molecule has 0 spiro atoms. The van der Waals surface area contributed by atoms with Crippen LogP contribution in [0.5, 0.6) is 23.0 Å². The highest BCUT2D eigenvalue weighted by Crippen LogP contribution is 2.44. The number of methoxy groups -OCH3 is 2. The quantitative estimate of drug-likeness (QED) is 0.566. The predicted octanol–water partition coefficient (Wildman–Crippen LogP) is 3.42. The molecule has 0 saturated heterocycles. The zero-order chi connectivity index (χ0) is 21.4. The maximum absolute atomic E-state index is 11.6. The van der Waals surface area contributed by atoms with Gasteiger partial charge in [-0.25, -0.2) is 0 Å². The Hall–Kier alpha value is -3.48. The second-order valence-corrected chi connectivity index (χ2v) is 7.21. The van der Waals surface area contributed by atoms with Gasteiger partial charge in [-0.2, -0.15) is 0 Å². The smallest absolute Gasteiger partial charge is 0.308 e. The molecule has 7 heteroatoms. The normalized spacial score (nSPS) is 14.0. The van der Waals surface area contributed by atoms with Gasteiger partial charge >= 0.3 is 11.9 Å². The van der Waals surface area contributed by atoms with Crippen molar-refractivity contribution in [2.24, 2.45) is 0 Å². The van der Waals surface area contributed by atoms with Crippen LogP contribution >= 0.6 is 0 Å². The molecule has 0 atom stereocenters. The zero-order valence-corrected chi connectivity index (χ0v) is 17.4. The van der Waals surface area contributed by atoms with Crippen LogP contribution in [0, 0.1) is 0 Å². The molecule has 4 rings (SSSR count). The molecule has 0 fully saturated rings. The van der Waals surface area contributed by atoms with E-state index in [-0.39, 0.29) is 11.5 Å². The highest BCUT2D eigenvalue weighted by atomic mass is 16.6. The second kappa shape index (κ2) is 7.74. The third-order valence-corrected chi connectivity index (χ3v) is 5.27. The molecule has 0 aliphatic carbocycles. The summed E-state index contributed by atoms with van der Waals surface area (Å²) >= 11 is 0. The third kappa shape index (κ3) is 3.47. The van der Waals surface area contributed by atoms with E-state index < -0.39 is 11.9 Å². The van der Waals surface area contributed by atoms with Crippen LogP contribution in [0.25, 0.3) is 11.8 Å². The van der Waals surface area contributed by atoms with Crippen molar-refractivity contribution in [1.82, 2.24) is 4.90 Å². The molecule has 0 bridgehead atoms. The molecular weight excluding hydrogens is 386 g/mol. The van der Waals surface area contributed by atoms with Gasteiger partial charge in [-0.15, -0.1) is 0 Å². The van der Waals surface area contributed by atoms with Gasteiger partial charge in [0.2, 0.25) is 0 Å². The van der Waals surface area contributed by atoms with Crippen LogP contribution in [-0.4, -0.2) is 37.6 Å². The average Bonchev–Trinajstić information content (AvgIpc) is 2.71. The number of benzene rings is 2. The number of carbonyl (C=O) groups is 2. The van der Waals surface area contributed by atoms with Crippen molar-refractivity contribution < 1.29 is 28.5 Å². The van der Waals surface area contributed by atoms with Gasteiger partial charge in [0.05, 0.1) is 14.2 Å². The summed E-state index contributed by atoms with van der Waals surface area (Å²) in [6, 6.07) is 7.47. The van der Waals surface area contributed by atoms with E-state index in [1.54, 1.807) is 26.4 Å². The summed E-state index contributed by atoms with van der Waals surface area (Å²) < 4.78 is 21.7. The first-order chi connectivity index (χ1) is 14.4. The van der Waals surface area contributed by atoms with Crippen LogP contribution in [0.1, 0.15) is 36.1 Å². The number of hydrogen-bond donors (Lipinski definition) is 0. The predicted molar refractivity (Wildman–Crippen MR) is 111 cm³/mol. The number of esters is 2. The van der Waals surface area contributed by atoms with E-state index in [4.69, 9.17) is 18.9 Å². The fraction of sp³-hybridized carbons (Fsp3) is 0.304. The van der Waals surface area contributed by atoms with Crippen LogP contribution in [0.4, 0.5) is 0 Å². The Labute approximate surface area is 174 Å². The first-order valence-corrected chi connectivity index (χ1v) is 9.66. The minimum Gasteiger partial charge on any atom is -0.493 e. The van der Waals surface area contributed by atoms with Crippen LogP contribution in [-0.2, 0) is 22.6 Å². The lowest BCUT2D eigenvalue weighted by molar-refractivity contribution is -0.134. The lowest BCUT2D eigenvalue weighted by Crippen LogP contribution is -2.31. The van der Waals surface area contributed by atoms with Gasteiger partial charge in [0.1, 0.15) is 0 Å². The molecule has 2 aromatic rings. The maximum Gasteiger partial charge on any atom is 0.308 e. The van der Waals surface area contributed by atoms with Crippen molar-refractivity contribution in [3.05, 3.63) is 46.5 Å². The number of fused-ring (bicyclic) bond motifs is 4. The van der Waals surface area contributed by atoms with Gasteiger partial charge in [0.15, 0.2) is 23.0 Å². The first kappa shape index (κ1) is 19.8. The van der Waals surface area contributed by atoms with E-state index in [1.165, 1.54) is 13.8 Å². The molecule has 2 aromatic carbocycles. The summed E-state index contributed by atoms with van der Waals surface area (Å²) in [6.45, 7) is 4.11. The zero-order valence-electron chi connectivity index (χ0n) is 17.4. The lowest BCUT2D eigenvalue weighted by Gasteiger charge is -2.37. The summed E-state index contributed by atoms with van der Waals surface area (Å²) in [5, 5.41) is 0. The summed E-state index contributed by atoms with van der Waals surface area (Å²) in [5.41, 5.74) is 5.13. The number of carbonyl (C=O) groups excluding carboxylic acids is 2. The minimum absolute atomic E-state index is 0.234. The maximum atomic E-state index is 11.6. The fourth-order valence-corrected chi connectivity index (χ4v) is 4.04. The van der Waals surface area contributed by atoms with E-state index >= 15 is 0 Å². The third-order valence-electron chi connectivity index (χ3n) is 5.27. The Balaban J connectivity index is 1.84. The van der Waals surface area contributed by atoms with E-state index in [0.717, 1.165) is 46.7 Å². The number of ether oxygens (including phenoxy) is 4. The van der Waals surface area contributed by atoms with E-state index in [0.29, 0.717) is 12.3 Å². The van der Waals surface area contributed by atoms with Gasteiger partial charge in [0, 0.05) is 43.8 Å². The van der Waals surface area contributed by atoms with Crippen LogP contribution in [0.15, 0.2) is 24.3 Å². The Morgan fingerprint density at radius 1 is 0.933 bits per heavy atom. The number of rotatable bonds is 4. The molecule has 2 heterocycles. The van der Waals surface area contributed by atoms with Crippen molar-refractivity contribution in [3.8, 4) is 23.0 Å². The first-order valence-electron chi connectivity index (χ1n) is 9.66. The molecule has 0 amide bonds. The van der Waals surface area contributed by atoms with E-state index in [1.807, 2.05) is 12.1 Å². The SMILES string of the molecule is COc1ccc2c(c1OC)CN1CCc3cc(OC(C)=O)c(OC(C)=O)cc3C1=C2. The monoisotopic (exact) mass is 409 g/mol. The summed E-state index contributed by atoms with van der Waals surface area (Å²) in [6.07, 6.45) is 2.87. The molecule has 2 aliphatic rings. The standard InChI is InChI=1S/C23H23NO6/c1-13(25)29-21-10-16-7-8-24-12-18-15(5-6-20(27-3)23(18)28-4)9-19(24)17(16)11-22(21)30-14(2)26/h5-6,9-11H,7-8,12H2,1-4H3. The van der Waals surface area contributed by atoms with Crippen molar-refractivity contribution in [2.45, 2.75) is 26.8 Å². The Bertz CT molecular complexity index is 1070. The van der Waals surface area contributed by atoms with Crippen molar-refractivity contribution in [1.29, 1.82) is 0 Å². The topological polar surface area (TPSA) is 74.3 Å². The van der Waals surface area contributed by atoms with Gasteiger partial charge < -0.3 is 23.8 Å². The van der Waals surface area contributed by atoms with E-state index in [9.17, 15) is 9.59 Å². The molecule has 0 aromatic heterocycles. The number of hydrogen-bond acceptors (Lipinski definition) is 7. The van der Waals surface area contributed by atoms with Gasteiger partial charge in [-0.1, -0.05) is 6.07 Å². The summed E-state index contributed by atoms with van der Waals surface area (Å²) in [5.74, 6) is 0.990. The fourth-order valence-electron chi connectivity index (χ4n) is 4.04. The molecule has 0 saturated carbocycles. The van der Waals surface area contributed by atoms with Gasteiger partial charge in [0.25, 0.3) is 0 Å². The van der Waals surface area contributed by atoms with Crippen LogP contribution < -0.4 is 18.9 Å². The molecule has 156 valence electrons. The summed E-state index contributed by atoms with van der Waals surface area (Å²) in [7, 11) is 3.27. The molecule has 30 heavy (non-hydrogen) atoms. The van der Waals surface area contributed by atoms with Crippen molar-refractivity contribution in [2.75, 3.05) is 20.8 Å². The Morgan fingerprint density at radius 3 is 2.27 bits per heavy atom. The van der Waals surface area contributed by atoms with Gasteiger partial charge in [-0.05, 0) is 41.8 Å². The highest BCUT2D eigenvalue weighted by molar-refractivity contribution is 5.88. The molecule has 0 unspecified atom stereocenters. The second-order valence-electron chi connectivity index (χ2n) is 7.21. The molecular formula is C23H23NO6. The molecule has 0 radical (unpaired) electrons. The number of nitrogens with zero attached hydrogens (tertiary/aromatic N) is 1. The van der Waals surface area contributed by atoms with E-state index in [2.05, 4.69) is 11.0 Å². The largest absolute Gasteiger partial charge is 0.493 e. The Morgan fingerprint density at radius 2 is 1.63 bits per heavy atom. The average molecular weight is 409 g/mol. The Kier molecular flexibility index (Phi) is 5.11. The van der Waals surface area contributed by atoms with Gasteiger partial charge in [-0.3, -0.25) is 9.59 Å². The molecule has 7 nitrogen and oxygen atoms in total.